The predicted molar refractivity (Wildman–Crippen MR) is 106 cm³/mol. The van der Waals surface area contributed by atoms with E-state index in [1.165, 1.54) is 11.5 Å². The van der Waals surface area contributed by atoms with E-state index < -0.39 is 23.4 Å². The molecule has 1 unspecified atom stereocenters. The van der Waals surface area contributed by atoms with Gasteiger partial charge in [0.15, 0.2) is 0 Å². The molecule has 4 amide bonds. The molecule has 3 aromatic rings. The fraction of sp³-hybridized carbons (Fsp3) is 0.150. The molecule has 29 heavy (non-hydrogen) atoms. The molecular formula is C20H15N5O3S. The molecule has 0 bridgehead atoms. The molecule has 0 radical (unpaired) electrons. The summed E-state index contributed by atoms with van der Waals surface area (Å²) in [6, 6.07) is 12.1. The molecular weight excluding hydrogens is 390 g/mol. The second-order valence-corrected chi connectivity index (χ2v) is 7.67. The summed E-state index contributed by atoms with van der Waals surface area (Å²) in [5.74, 6) is -1.11. The lowest BCUT2D eigenvalue weighted by Gasteiger charge is -2.19. The van der Waals surface area contributed by atoms with Gasteiger partial charge in [0, 0.05) is 22.2 Å². The zero-order valence-corrected chi connectivity index (χ0v) is 16.1. The van der Waals surface area contributed by atoms with E-state index in [-0.39, 0.29) is 6.54 Å². The number of nitrogens with zero attached hydrogens (tertiary/aromatic N) is 3. The normalized spacial score (nSPS) is 20.2. The van der Waals surface area contributed by atoms with Crippen LogP contribution in [-0.4, -0.2) is 32.3 Å². The van der Waals surface area contributed by atoms with Crippen LogP contribution >= 0.6 is 11.5 Å². The first-order chi connectivity index (χ1) is 14.0. The molecule has 0 saturated carbocycles. The van der Waals surface area contributed by atoms with Crippen LogP contribution in [0.2, 0.25) is 0 Å². The van der Waals surface area contributed by atoms with Crippen molar-refractivity contribution in [2.45, 2.75) is 19.0 Å². The van der Waals surface area contributed by atoms with Crippen LogP contribution in [0.25, 0.3) is 11.3 Å². The van der Waals surface area contributed by atoms with Crippen molar-refractivity contribution in [3.05, 3.63) is 64.5 Å². The lowest BCUT2D eigenvalue weighted by molar-refractivity contribution is -0.137. The molecule has 9 heteroatoms. The number of carbonyl (C=O) groups is 3. The molecule has 0 aliphatic carbocycles. The highest BCUT2D eigenvalue weighted by Gasteiger charge is 2.61. The molecule has 8 nitrogen and oxygen atoms in total. The van der Waals surface area contributed by atoms with E-state index in [1.54, 1.807) is 12.1 Å². The number of hydrogen-bond acceptors (Lipinski definition) is 6. The summed E-state index contributed by atoms with van der Waals surface area (Å²) in [6.45, 7) is 1.94. The maximum absolute atomic E-state index is 13.2. The number of anilines is 1. The van der Waals surface area contributed by atoms with Crippen molar-refractivity contribution in [1.29, 1.82) is 0 Å². The summed E-state index contributed by atoms with van der Waals surface area (Å²) in [6.07, 6.45) is 0. The molecule has 1 atom stereocenters. The zero-order chi connectivity index (χ0) is 20.2. The van der Waals surface area contributed by atoms with Gasteiger partial charge in [-0.1, -0.05) is 46.4 Å². The summed E-state index contributed by atoms with van der Waals surface area (Å²) in [5, 5.41) is 11.2. The molecule has 1 saturated heterocycles. The van der Waals surface area contributed by atoms with Gasteiger partial charge >= 0.3 is 6.03 Å². The van der Waals surface area contributed by atoms with Crippen LogP contribution in [0.5, 0.6) is 0 Å². The Morgan fingerprint density at radius 3 is 2.62 bits per heavy atom. The monoisotopic (exact) mass is 405 g/mol. The Bertz CT molecular complexity index is 1160. The van der Waals surface area contributed by atoms with Crippen LogP contribution < -0.4 is 10.6 Å². The van der Waals surface area contributed by atoms with Crippen LogP contribution in [0.15, 0.2) is 47.8 Å². The maximum atomic E-state index is 13.2. The molecule has 3 heterocycles. The van der Waals surface area contributed by atoms with Gasteiger partial charge in [-0.05, 0) is 30.1 Å². The van der Waals surface area contributed by atoms with Crippen LogP contribution in [0.3, 0.4) is 0 Å². The largest absolute Gasteiger partial charge is 0.326 e. The highest BCUT2D eigenvalue weighted by molar-refractivity contribution is 7.03. The fourth-order valence-electron chi connectivity index (χ4n) is 3.73. The average Bonchev–Trinajstić information content (AvgIpc) is 3.39. The standard InChI is InChI=1S/C20H15N5O3S/c1-11-2-7-15-14(8-11)20(17(26)21-15)18(27)25(19(28)22-20)9-12-3-5-13(6-4-12)16-10-29-24-23-16/h2-8,10H,9H2,1H3,(H,21,26)(H,22,28). The molecule has 2 aromatic carbocycles. The van der Waals surface area contributed by atoms with Crippen molar-refractivity contribution < 1.29 is 14.4 Å². The zero-order valence-electron chi connectivity index (χ0n) is 15.3. The maximum Gasteiger partial charge on any atom is 0.326 e. The first-order valence-corrected chi connectivity index (χ1v) is 9.76. The Labute approximate surface area is 169 Å². The predicted octanol–water partition coefficient (Wildman–Crippen LogP) is 2.41. The Hall–Kier alpha value is -3.59. The van der Waals surface area contributed by atoms with Crippen LogP contribution in [0, 0.1) is 6.92 Å². The van der Waals surface area contributed by atoms with Gasteiger partial charge in [-0.2, -0.15) is 0 Å². The van der Waals surface area contributed by atoms with Crippen LogP contribution in [0.1, 0.15) is 16.7 Å². The second kappa shape index (κ2) is 6.21. The Morgan fingerprint density at radius 2 is 1.90 bits per heavy atom. The molecule has 144 valence electrons. The van der Waals surface area contributed by atoms with Gasteiger partial charge in [0.25, 0.3) is 11.8 Å². The number of rotatable bonds is 3. The van der Waals surface area contributed by atoms with Gasteiger partial charge in [-0.25, -0.2) is 4.79 Å². The smallest absolute Gasteiger partial charge is 0.323 e. The van der Waals surface area contributed by atoms with E-state index in [9.17, 15) is 14.4 Å². The minimum absolute atomic E-state index is 0.0659. The number of amides is 4. The van der Waals surface area contributed by atoms with Gasteiger partial charge in [-0.15, -0.1) is 5.10 Å². The fourth-order valence-corrected chi connectivity index (χ4v) is 4.19. The van der Waals surface area contributed by atoms with E-state index in [2.05, 4.69) is 20.2 Å². The Morgan fingerprint density at radius 1 is 1.10 bits per heavy atom. The van der Waals surface area contributed by atoms with Crippen molar-refractivity contribution in [1.82, 2.24) is 19.8 Å². The van der Waals surface area contributed by atoms with E-state index in [4.69, 9.17) is 0 Å². The number of imide groups is 1. The molecule has 1 aromatic heterocycles. The third-order valence-corrected chi connectivity index (χ3v) is 5.73. The molecule has 2 aliphatic rings. The van der Waals surface area contributed by atoms with Crippen molar-refractivity contribution >= 4 is 35.1 Å². The highest BCUT2D eigenvalue weighted by atomic mass is 32.1. The van der Waals surface area contributed by atoms with Crippen molar-refractivity contribution in [3.63, 3.8) is 0 Å². The lowest BCUT2D eigenvalue weighted by Crippen LogP contribution is -2.49. The highest BCUT2D eigenvalue weighted by Crippen LogP contribution is 2.41. The summed E-state index contributed by atoms with van der Waals surface area (Å²) in [5.41, 5.74) is 2.64. The molecule has 1 fully saturated rings. The van der Waals surface area contributed by atoms with Gasteiger partial charge in [0.05, 0.1) is 6.54 Å². The third-order valence-electron chi connectivity index (χ3n) is 5.22. The first kappa shape index (κ1) is 17.5. The van der Waals surface area contributed by atoms with E-state index in [1.807, 2.05) is 42.6 Å². The molecule has 2 N–H and O–H groups in total. The topological polar surface area (TPSA) is 104 Å². The summed E-state index contributed by atoms with van der Waals surface area (Å²) >= 11 is 1.27. The van der Waals surface area contributed by atoms with Crippen molar-refractivity contribution in [2.24, 2.45) is 0 Å². The van der Waals surface area contributed by atoms with Crippen molar-refractivity contribution in [3.8, 4) is 11.3 Å². The first-order valence-electron chi connectivity index (χ1n) is 8.92. The number of nitrogens with one attached hydrogen (secondary N) is 2. The quantitative estimate of drug-likeness (QED) is 0.514. The van der Waals surface area contributed by atoms with Crippen molar-refractivity contribution in [2.75, 3.05) is 5.32 Å². The lowest BCUT2D eigenvalue weighted by atomic mass is 9.90. The van der Waals surface area contributed by atoms with Crippen LogP contribution in [0.4, 0.5) is 10.5 Å². The van der Waals surface area contributed by atoms with E-state index in [0.717, 1.165) is 27.3 Å². The number of aryl methyl sites for hydroxylation is 1. The van der Waals surface area contributed by atoms with Gasteiger partial charge < -0.3 is 10.6 Å². The SMILES string of the molecule is Cc1ccc2c(c1)C1(NC(=O)N(Cc3ccc(-c4csnn4)cc3)C1=O)C(=O)N2. The average molecular weight is 405 g/mol. The molecule has 2 aliphatic heterocycles. The second-order valence-electron chi connectivity index (χ2n) is 7.06. The summed E-state index contributed by atoms with van der Waals surface area (Å²) in [4.78, 5) is 39.7. The van der Waals surface area contributed by atoms with Crippen LogP contribution in [-0.2, 0) is 21.7 Å². The number of hydrogen-bond donors (Lipinski definition) is 2. The number of carbonyl (C=O) groups excluding carboxylic acids is 3. The molecule has 5 rings (SSSR count). The van der Waals surface area contributed by atoms with E-state index in [0.29, 0.717) is 11.3 Å². The van der Waals surface area contributed by atoms with Gasteiger partial charge in [0.1, 0.15) is 5.69 Å². The summed E-state index contributed by atoms with van der Waals surface area (Å²) < 4.78 is 3.84. The molecule has 1 spiro atoms. The van der Waals surface area contributed by atoms with Gasteiger partial charge in [0.2, 0.25) is 5.54 Å². The minimum Gasteiger partial charge on any atom is -0.323 e. The number of benzene rings is 2. The summed E-state index contributed by atoms with van der Waals surface area (Å²) in [7, 11) is 0. The van der Waals surface area contributed by atoms with E-state index >= 15 is 0 Å². The Balaban J connectivity index is 1.45. The number of urea groups is 1. The minimum atomic E-state index is -1.70. The Kier molecular flexibility index (Phi) is 3.75. The third kappa shape index (κ3) is 2.54. The number of aromatic nitrogens is 2. The van der Waals surface area contributed by atoms with Gasteiger partial charge in [-0.3, -0.25) is 14.5 Å². The number of fused-ring (bicyclic) bond motifs is 2.